The summed E-state index contributed by atoms with van der Waals surface area (Å²) in [6.45, 7) is 1.16. The summed E-state index contributed by atoms with van der Waals surface area (Å²) < 4.78 is 32.1. The van der Waals surface area contributed by atoms with Crippen molar-refractivity contribution in [1.82, 2.24) is 9.71 Å². The number of benzene rings is 2. The summed E-state index contributed by atoms with van der Waals surface area (Å²) in [4.78, 5) is 29.6. The monoisotopic (exact) mass is 448 g/mol. The Labute approximate surface area is 177 Å². The number of nitrogens with one attached hydrogen (secondary N) is 2. The molecule has 3 aromatic rings. The number of ether oxygens (including phenoxy) is 1. The van der Waals surface area contributed by atoms with Crippen molar-refractivity contribution in [3.05, 3.63) is 42.5 Å². The Bertz CT molecular complexity index is 1190. The molecule has 2 amide bonds. The predicted molar refractivity (Wildman–Crippen MR) is 116 cm³/mol. The van der Waals surface area contributed by atoms with Crippen molar-refractivity contribution in [3.8, 4) is 5.75 Å². The number of hydrogen-bond acceptors (Lipinski definition) is 8. The smallest absolute Gasteiger partial charge is 0.264 e. The van der Waals surface area contributed by atoms with Gasteiger partial charge in [0.2, 0.25) is 11.8 Å². The Kier molecular flexibility index (Phi) is 6.22. The Balaban J connectivity index is 1.66. The van der Waals surface area contributed by atoms with Gasteiger partial charge in [0.15, 0.2) is 5.13 Å². The number of sulfonamides is 1. The standard InChI is InChI=1S/C19H20N4O5S2/c1-12(24)22-30(26,27)14-9-7-13(8-10-14)20-17(25)11-23(2)19-21-18-15(28-3)5-4-6-16(18)29-19/h4-10H,11H2,1-3H3,(H,20,25)(H,22,24). The highest BCUT2D eigenvalue weighted by molar-refractivity contribution is 7.90. The lowest BCUT2D eigenvalue weighted by molar-refractivity contribution is -0.117. The highest BCUT2D eigenvalue weighted by Crippen LogP contribution is 2.33. The molecule has 0 aliphatic rings. The van der Waals surface area contributed by atoms with Gasteiger partial charge >= 0.3 is 0 Å². The van der Waals surface area contributed by atoms with Crippen LogP contribution in [0.2, 0.25) is 0 Å². The van der Waals surface area contributed by atoms with Crippen molar-refractivity contribution in [1.29, 1.82) is 0 Å². The van der Waals surface area contributed by atoms with E-state index in [1.807, 2.05) is 22.9 Å². The van der Waals surface area contributed by atoms with Crippen molar-refractivity contribution < 1.29 is 22.7 Å². The van der Waals surface area contributed by atoms with Gasteiger partial charge in [-0.25, -0.2) is 18.1 Å². The molecule has 0 aliphatic carbocycles. The second-order valence-corrected chi connectivity index (χ2v) is 9.09. The minimum absolute atomic E-state index is 0.0497. The molecule has 0 radical (unpaired) electrons. The van der Waals surface area contributed by atoms with Crippen LogP contribution in [-0.4, -0.2) is 45.9 Å². The molecule has 2 aromatic carbocycles. The Morgan fingerprint density at radius 1 is 1.17 bits per heavy atom. The molecular formula is C19H20N4O5S2. The maximum absolute atomic E-state index is 12.4. The van der Waals surface area contributed by atoms with Crippen LogP contribution in [0.15, 0.2) is 47.4 Å². The summed E-state index contributed by atoms with van der Waals surface area (Å²) in [5, 5.41) is 3.38. The number of amides is 2. The molecule has 0 bridgehead atoms. The number of nitrogens with zero attached hydrogens (tertiary/aromatic N) is 2. The number of likely N-dealkylation sites (N-methyl/N-ethyl adjacent to an activating group) is 1. The summed E-state index contributed by atoms with van der Waals surface area (Å²) >= 11 is 1.45. The fraction of sp³-hybridized carbons (Fsp3) is 0.211. The van der Waals surface area contributed by atoms with E-state index in [0.717, 1.165) is 17.1 Å². The minimum atomic E-state index is -3.92. The van der Waals surface area contributed by atoms with E-state index >= 15 is 0 Å². The van der Waals surface area contributed by atoms with Crippen LogP contribution in [0.25, 0.3) is 10.2 Å². The van der Waals surface area contributed by atoms with Gasteiger partial charge in [-0.15, -0.1) is 0 Å². The highest BCUT2D eigenvalue weighted by Gasteiger charge is 2.17. The molecular weight excluding hydrogens is 428 g/mol. The van der Waals surface area contributed by atoms with E-state index in [1.165, 1.54) is 35.6 Å². The lowest BCUT2D eigenvalue weighted by Gasteiger charge is -2.15. The number of carbonyl (C=O) groups is 2. The molecule has 0 spiro atoms. The number of fused-ring (bicyclic) bond motifs is 1. The summed E-state index contributed by atoms with van der Waals surface area (Å²) in [6, 6.07) is 11.2. The summed E-state index contributed by atoms with van der Waals surface area (Å²) in [6.07, 6.45) is 0. The van der Waals surface area contributed by atoms with Gasteiger partial charge in [-0.1, -0.05) is 17.4 Å². The van der Waals surface area contributed by atoms with Gasteiger partial charge in [0.25, 0.3) is 10.0 Å². The predicted octanol–water partition coefficient (Wildman–Crippen LogP) is 2.20. The highest BCUT2D eigenvalue weighted by atomic mass is 32.2. The summed E-state index contributed by atoms with van der Waals surface area (Å²) in [5.41, 5.74) is 1.17. The van der Waals surface area contributed by atoms with E-state index in [2.05, 4.69) is 10.3 Å². The quantitative estimate of drug-likeness (QED) is 0.569. The number of para-hydroxylation sites is 1. The van der Waals surface area contributed by atoms with Gasteiger partial charge in [0.1, 0.15) is 11.3 Å². The van der Waals surface area contributed by atoms with E-state index in [1.54, 1.807) is 19.1 Å². The van der Waals surface area contributed by atoms with E-state index in [-0.39, 0.29) is 17.3 Å². The number of hydrogen-bond donors (Lipinski definition) is 2. The number of thiazole rings is 1. The fourth-order valence-electron chi connectivity index (χ4n) is 2.69. The van der Waals surface area contributed by atoms with Crippen LogP contribution in [0, 0.1) is 0 Å². The largest absolute Gasteiger partial charge is 0.494 e. The van der Waals surface area contributed by atoms with E-state index in [4.69, 9.17) is 4.74 Å². The van der Waals surface area contributed by atoms with Gasteiger partial charge in [-0.3, -0.25) is 9.59 Å². The molecule has 158 valence electrons. The first kappa shape index (κ1) is 21.5. The Morgan fingerprint density at radius 2 is 1.87 bits per heavy atom. The van der Waals surface area contributed by atoms with Gasteiger partial charge in [-0.2, -0.15) is 0 Å². The molecule has 1 heterocycles. The van der Waals surface area contributed by atoms with E-state index in [9.17, 15) is 18.0 Å². The first-order valence-corrected chi connectivity index (χ1v) is 11.1. The topological polar surface area (TPSA) is 118 Å². The van der Waals surface area contributed by atoms with Crippen LogP contribution >= 0.6 is 11.3 Å². The maximum Gasteiger partial charge on any atom is 0.264 e. The van der Waals surface area contributed by atoms with Crippen molar-refractivity contribution in [2.24, 2.45) is 0 Å². The first-order valence-electron chi connectivity index (χ1n) is 8.77. The zero-order chi connectivity index (χ0) is 21.9. The van der Waals surface area contributed by atoms with Crippen molar-refractivity contribution in [2.45, 2.75) is 11.8 Å². The minimum Gasteiger partial charge on any atom is -0.494 e. The third-order valence-corrected chi connectivity index (χ3v) is 6.61. The molecule has 1 aromatic heterocycles. The summed E-state index contributed by atoms with van der Waals surface area (Å²) in [5.74, 6) is -0.300. The second-order valence-electron chi connectivity index (χ2n) is 6.39. The van der Waals surface area contributed by atoms with Gasteiger partial charge in [-0.05, 0) is 36.4 Å². The number of anilines is 2. The number of aromatic nitrogens is 1. The Hall–Kier alpha value is -3.18. The third kappa shape index (κ3) is 4.86. The Morgan fingerprint density at radius 3 is 2.50 bits per heavy atom. The van der Waals surface area contributed by atoms with E-state index in [0.29, 0.717) is 16.6 Å². The third-order valence-electron chi connectivity index (χ3n) is 4.02. The molecule has 0 saturated heterocycles. The van der Waals surface area contributed by atoms with Crippen molar-refractivity contribution in [3.63, 3.8) is 0 Å². The lowest BCUT2D eigenvalue weighted by Crippen LogP contribution is -2.30. The van der Waals surface area contributed by atoms with Crippen LogP contribution in [0.3, 0.4) is 0 Å². The van der Waals surface area contributed by atoms with Gasteiger partial charge in [0.05, 0.1) is 23.2 Å². The van der Waals surface area contributed by atoms with Gasteiger partial charge in [0, 0.05) is 19.7 Å². The van der Waals surface area contributed by atoms with E-state index < -0.39 is 15.9 Å². The molecule has 0 unspecified atom stereocenters. The van der Waals surface area contributed by atoms with Crippen LogP contribution in [0.1, 0.15) is 6.92 Å². The average molecular weight is 449 g/mol. The van der Waals surface area contributed by atoms with Gasteiger partial charge < -0.3 is 15.0 Å². The zero-order valence-electron chi connectivity index (χ0n) is 16.5. The van der Waals surface area contributed by atoms with Crippen LogP contribution in [0.5, 0.6) is 5.75 Å². The molecule has 0 aliphatic heterocycles. The van der Waals surface area contributed by atoms with Crippen LogP contribution in [-0.2, 0) is 19.6 Å². The molecule has 3 rings (SSSR count). The average Bonchev–Trinajstić information content (AvgIpc) is 3.12. The van der Waals surface area contributed by atoms with Crippen molar-refractivity contribution in [2.75, 3.05) is 30.9 Å². The molecule has 11 heteroatoms. The lowest BCUT2D eigenvalue weighted by atomic mass is 10.3. The first-order chi connectivity index (χ1) is 14.2. The molecule has 30 heavy (non-hydrogen) atoms. The SMILES string of the molecule is COc1cccc2sc(N(C)CC(=O)Nc3ccc(S(=O)(=O)NC(C)=O)cc3)nc12. The molecule has 9 nitrogen and oxygen atoms in total. The molecule has 0 saturated carbocycles. The number of methoxy groups -OCH3 is 1. The number of carbonyl (C=O) groups excluding carboxylic acids is 2. The maximum atomic E-state index is 12.4. The number of rotatable bonds is 7. The van der Waals surface area contributed by atoms with Crippen LogP contribution in [0.4, 0.5) is 10.8 Å². The molecule has 0 atom stereocenters. The second kappa shape index (κ2) is 8.67. The molecule has 0 fully saturated rings. The zero-order valence-corrected chi connectivity index (χ0v) is 18.1. The summed E-state index contributed by atoms with van der Waals surface area (Å²) in [7, 11) is -0.578. The fourth-order valence-corrected chi connectivity index (χ4v) is 4.62. The normalized spacial score (nSPS) is 11.2. The van der Waals surface area contributed by atoms with Crippen LogP contribution < -0.4 is 19.7 Å². The molecule has 2 N–H and O–H groups in total. The van der Waals surface area contributed by atoms with Crippen molar-refractivity contribution >= 4 is 54.2 Å².